The summed E-state index contributed by atoms with van der Waals surface area (Å²) in [5.74, 6) is -6.54. The van der Waals surface area contributed by atoms with Crippen molar-refractivity contribution in [1.29, 1.82) is 0 Å². The van der Waals surface area contributed by atoms with E-state index in [1.807, 2.05) is 25.1 Å². The van der Waals surface area contributed by atoms with Crippen LogP contribution in [-0.2, 0) is 22.6 Å². The number of nitrogens with one attached hydrogen (secondary N) is 1. The second-order valence-electron chi connectivity index (χ2n) is 12.8. The van der Waals surface area contributed by atoms with E-state index >= 15 is 0 Å². The third-order valence-electron chi connectivity index (χ3n) is 8.23. The second kappa shape index (κ2) is 9.90. The first kappa shape index (κ1) is 29.6. The number of anilines is 1. The lowest BCUT2D eigenvalue weighted by Crippen LogP contribution is -2.63. The maximum Gasteiger partial charge on any atom is 0.255 e. The van der Waals surface area contributed by atoms with Crippen molar-refractivity contribution in [3.05, 3.63) is 45.4 Å². The van der Waals surface area contributed by atoms with E-state index < -0.39 is 58.0 Å². The molecule has 0 radical (unpaired) electrons. The Morgan fingerprint density at radius 1 is 1.15 bits per heavy atom. The number of allylic oxidation sites excluding steroid dienone is 1. The third kappa shape index (κ3) is 4.46. The molecule has 7 N–H and O–H groups in total. The molecule has 0 bridgehead atoms. The third-order valence-corrected chi connectivity index (χ3v) is 8.23. The SMILES string of the molecule is CN(C)c1cc(CNCC(C)(C)C)c(O)c2c1C[C@H]1C[C@H]3C(N(C)C)C(O)=C(C(N)=O)C(=O)[C@@]3(O)C(O)=C1C2=O. The quantitative estimate of drug-likeness (QED) is 0.280. The molecule has 4 atom stereocenters. The minimum absolute atomic E-state index is 0.00841. The summed E-state index contributed by atoms with van der Waals surface area (Å²) in [6, 6.07) is 0.814. The van der Waals surface area contributed by atoms with Crippen molar-refractivity contribution in [3.63, 3.8) is 0 Å². The van der Waals surface area contributed by atoms with Crippen molar-refractivity contribution < 1.29 is 34.8 Å². The number of likely N-dealkylation sites (N-methyl/N-ethyl adjacent to an activating group) is 1. The summed E-state index contributed by atoms with van der Waals surface area (Å²) in [6.07, 6.45) is 0.291. The molecule has 0 fully saturated rings. The number of Topliss-reactive ketones (excluding diaryl/α,β-unsaturated/α-hetero) is 2. The number of primary amides is 1. The van der Waals surface area contributed by atoms with Crippen LogP contribution in [0.2, 0.25) is 0 Å². The van der Waals surface area contributed by atoms with Gasteiger partial charge in [0.05, 0.1) is 11.6 Å². The Balaban J connectivity index is 1.90. The van der Waals surface area contributed by atoms with E-state index in [-0.39, 0.29) is 35.1 Å². The molecule has 1 aromatic rings. The summed E-state index contributed by atoms with van der Waals surface area (Å²) >= 11 is 0. The van der Waals surface area contributed by atoms with Crippen LogP contribution in [0.1, 0.15) is 48.7 Å². The molecule has 40 heavy (non-hydrogen) atoms. The van der Waals surface area contributed by atoms with Crippen LogP contribution in [0.3, 0.4) is 0 Å². The van der Waals surface area contributed by atoms with Crippen LogP contribution >= 0.6 is 0 Å². The zero-order valence-electron chi connectivity index (χ0n) is 24.1. The molecule has 0 aliphatic heterocycles. The van der Waals surface area contributed by atoms with Gasteiger partial charge < -0.3 is 36.4 Å². The number of carbonyl (C=O) groups excluding carboxylic acids is 3. The van der Waals surface area contributed by atoms with Gasteiger partial charge in [-0.1, -0.05) is 20.8 Å². The van der Waals surface area contributed by atoms with E-state index in [2.05, 4.69) is 26.1 Å². The Morgan fingerprint density at radius 3 is 2.30 bits per heavy atom. The summed E-state index contributed by atoms with van der Waals surface area (Å²) in [4.78, 5) is 43.0. The van der Waals surface area contributed by atoms with E-state index in [1.165, 1.54) is 4.90 Å². The molecular weight excluding hydrogens is 516 g/mol. The number of phenols is 1. The fourth-order valence-corrected chi connectivity index (χ4v) is 6.46. The zero-order chi connectivity index (χ0) is 30.1. The minimum Gasteiger partial charge on any atom is -0.510 e. The number of phenolic OH excluding ortho intramolecular Hbond substituents is 1. The molecule has 0 saturated carbocycles. The standard InChI is InChI=1S/C29H40N4O7/c1-28(2,3)12-31-11-14-10-17(32(4)5)15-8-13-9-16-21(33(6)7)24(36)20(27(30)39)26(38)29(16,40)25(37)18(13)23(35)19(15)22(14)34/h10,13,16,21,31,34,36-37,40H,8-9,11-12H2,1-7H3,(H2,30,39)/t13-,16-,21?,29-/m0/s1. The number of amides is 1. The highest BCUT2D eigenvalue weighted by atomic mass is 16.3. The van der Waals surface area contributed by atoms with Gasteiger partial charge in [-0.15, -0.1) is 0 Å². The molecule has 11 heteroatoms. The molecule has 11 nitrogen and oxygen atoms in total. The summed E-state index contributed by atoms with van der Waals surface area (Å²) in [5, 5.41) is 48.8. The largest absolute Gasteiger partial charge is 0.510 e. The maximum absolute atomic E-state index is 14.1. The molecule has 0 aromatic heterocycles. The van der Waals surface area contributed by atoms with Crippen LogP contribution in [0.25, 0.3) is 0 Å². The smallest absolute Gasteiger partial charge is 0.255 e. The van der Waals surface area contributed by atoms with Gasteiger partial charge in [-0.2, -0.15) is 0 Å². The molecule has 1 amide bonds. The molecular formula is C29H40N4O7. The predicted molar refractivity (Wildman–Crippen MR) is 149 cm³/mol. The van der Waals surface area contributed by atoms with Gasteiger partial charge in [0.25, 0.3) is 5.91 Å². The normalized spacial score (nSPS) is 26.6. The summed E-state index contributed by atoms with van der Waals surface area (Å²) in [7, 11) is 6.87. The van der Waals surface area contributed by atoms with Gasteiger partial charge in [-0.05, 0) is 49.9 Å². The van der Waals surface area contributed by atoms with Crippen LogP contribution in [-0.4, -0.2) is 89.2 Å². The van der Waals surface area contributed by atoms with Gasteiger partial charge >= 0.3 is 0 Å². The van der Waals surface area contributed by atoms with Crippen molar-refractivity contribution in [2.24, 2.45) is 23.0 Å². The fourth-order valence-electron chi connectivity index (χ4n) is 6.46. The molecule has 0 spiro atoms. The van der Waals surface area contributed by atoms with Crippen molar-refractivity contribution in [3.8, 4) is 5.75 Å². The number of fused-ring (bicyclic) bond motifs is 3. The number of hydrogen-bond acceptors (Lipinski definition) is 10. The first-order chi connectivity index (χ1) is 18.4. The van der Waals surface area contributed by atoms with Crippen molar-refractivity contribution in [2.45, 2.75) is 51.8 Å². The van der Waals surface area contributed by atoms with Gasteiger partial charge in [0, 0.05) is 49.9 Å². The molecule has 1 unspecified atom stereocenters. The Bertz CT molecular complexity index is 1350. The molecule has 0 saturated heterocycles. The van der Waals surface area contributed by atoms with E-state index in [9.17, 15) is 34.8 Å². The number of aliphatic hydroxyl groups is 3. The van der Waals surface area contributed by atoms with Gasteiger partial charge in [0.1, 0.15) is 22.8 Å². The average Bonchev–Trinajstić information content (AvgIpc) is 2.81. The lowest BCUT2D eigenvalue weighted by Gasteiger charge is -2.50. The van der Waals surface area contributed by atoms with Crippen LogP contribution in [0.4, 0.5) is 5.69 Å². The number of aromatic hydroxyl groups is 1. The first-order valence-corrected chi connectivity index (χ1v) is 13.3. The molecule has 4 rings (SSSR count). The van der Waals surface area contributed by atoms with E-state index in [4.69, 9.17) is 5.73 Å². The molecule has 218 valence electrons. The number of hydrogen-bond donors (Lipinski definition) is 6. The summed E-state index contributed by atoms with van der Waals surface area (Å²) in [5.41, 5.74) is 3.58. The lowest BCUT2D eigenvalue weighted by molar-refractivity contribution is -0.148. The first-order valence-electron chi connectivity index (χ1n) is 13.3. The van der Waals surface area contributed by atoms with Gasteiger partial charge in [-0.25, -0.2) is 0 Å². The highest BCUT2D eigenvalue weighted by Gasteiger charge is 2.63. The number of aliphatic hydroxyl groups excluding tert-OH is 2. The lowest BCUT2D eigenvalue weighted by atomic mass is 9.58. The van der Waals surface area contributed by atoms with Crippen LogP contribution in [0, 0.1) is 17.3 Å². The maximum atomic E-state index is 14.1. The van der Waals surface area contributed by atoms with E-state index in [1.54, 1.807) is 14.1 Å². The monoisotopic (exact) mass is 556 g/mol. The zero-order valence-corrected chi connectivity index (χ0v) is 24.1. The molecule has 3 aliphatic rings. The Labute approximate surface area is 233 Å². The highest BCUT2D eigenvalue weighted by Crippen LogP contribution is 2.53. The number of rotatable bonds is 6. The van der Waals surface area contributed by atoms with E-state index in [0.29, 0.717) is 24.2 Å². The van der Waals surface area contributed by atoms with Crippen LogP contribution in [0.5, 0.6) is 5.75 Å². The summed E-state index contributed by atoms with van der Waals surface area (Å²) < 4.78 is 0. The van der Waals surface area contributed by atoms with Crippen molar-refractivity contribution >= 4 is 23.2 Å². The predicted octanol–water partition coefficient (Wildman–Crippen LogP) is 1.32. The Morgan fingerprint density at radius 2 is 1.77 bits per heavy atom. The Hall–Kier alpha value is -3.41. The molecule has 1 aromatic carbocycles. The molecule has 0 heterocycles. The molecule has 3 aliphatic carbocycles. The number of ketones is 2. The summed E-state index contributed by atoms with van der Waals surface area (Å²) in [6.45, 7) is 7.17. The van der Waals surface area contributed by atoms with Crippen LogP contribution in [0.15, 0.2) is 28.7 Å². The van der Waals surface area contributed by atoms with Gasteiger partial charge in [0.15, 0.2) is 11.4 Å². The number of nitrogens with zero attached hydrogens (tertiary/aromatic N) is 2. The fraction of sp³-hybridized carbons (Fsp3) is 0.552. The van der Waals surface area contributed by atoms with Crippen LogP contribution < -0.4 is 16.0 Å². The van der Waals surface area contributed by atoms with E-state index in [0.717, 1.165) is 5.69 Å². The highest BCUT2D eigenvalue weighted by molar-refractivity contribution is 6.24. The average molecular weight is 557 g/mol. The number of nitrogens with two attached hydrogens (primary N) is 1. The Kier molecular flexibility index (Phi) is 7.32. The van der Waals surface area contributed by atoms with Crippen molar-refractivity contribution in [2.75, 3.05) is 39.6 Å². The van der Waals surface area contributed by atoms with Gasteiger partial charge in [-0.3, -0.25) is 19.3 Å². The van der Waals surface area contributed by atoms with Gasteiger partial charge in [0.2, 0.25) is 5.78 Å². The minimum atomic E-state index is -2.66. The topological polar surface area (TPSA) is 177 Å². The number of carbonyl (C=O) groups is 3. The number of benzene rings is 1. The van der Waals surface area contributed by atoms with Crippen molar-refractivity contribution in [1.82, 2.24) is 10.2 Å². The second-order valence-corrected chi connectivity index (χ2v) is 12.8.